The molecule has 12 heteroatoms. The summed E-state index contributed by atoms with van der Waals surface area (Å²) < 4.78 is 38.9. The van der Waals surface area contributed by atoms with Crippen molar-refractivity contribution >= 4 is 44.7 Å². The highest BCUT2D eigenvalue weighted by Gasteiger charge is 2.42. The number of anilines is 2. The number of esters is 1. The lowest BCUT2D eigenvalue weighted by Crippen LogP contribution is -2.29. The molecule has 1 fully saturated rings. The molecule has 2 aromatic carbocycles. The lowest BCUT2D eigenvalue weighted by Gasteiger charge is -2.29. The lowest BCUT2D eigenvalue weighted by atomic mass is 9.96. The first-order valence-electron chi connectivity index (χ1n) is 13.1. The maximum atomic E-state index is 12.0. The molecule has 1 aliphatic rings. The first kappa shape index (κ1) is 29.1. The van der Waals surface area contributed by atoms with Crippen LogP contribution >= 0.6 is 12.2 Å². The van der Waals surface area contributed by atoms with E-state index in [0.29, 0.717) is 22.1 Å². The first-order valence-corrected chi connectivity index (χ1v) is 15.4. The van der Waals surface area contributed by atoms with Crippen molar-refractivity contribution in [2.45, 2.75) is 25.9 Å². The molecule has 2 atom stereocenters. The molecule has 0 aliphatic carbocycles. The van der Waals surface area contributed by atoms with E-state index in [0.717, 1.165) is 40.3 Å². The molecule has 5 rings (SSSR count). The van der Waals surface area contributed by atoms with Crippen molar-refractivity contribution in [1.82, 2.24) is 14.9 Å². The largest absolute Gasteiger partial charge is 0.494 e. The van der Waals surface area contributed by atoms with Gasteiger partial charge in [0.25, 0.3) is 0 Å². The molecule has 0 spiro atoms. The molecule has 0 radical (unpaired) electrons. The van der Waals surface area contributed by atoms with Crippen LogP contribution in [0.5, 0.6) is 5.75 Å². The number of methoxy groups -OCH3 is 2. The van der Waals surface area contributed by atoms with Crippen LogP contribution in [0, 0.1) is 13.8 Å². The van der Waals surface area contributed by atoms with Gasteiger partial charge in [-0.3, -0.25) is 9.71 Å². The summed E-state index contributed by atoms with van der Waals surface area (Å²) in [6.45, 7) is 4.07. The van der Waals surface area contributed by atoms with Crippen molar-refractivity contribution in [3.8, 4) is 11.4 Å². The monoisotopic (exact) mass is 605 g/mol. The van der Waals surface area contributed by atoms with Crippen LogP contribution in [0.2, 0.25) is 0 Å². The quantitative estimate of drug-likeness (QED) is 0.215. The van der Waals surface area contributed by atoms with E-state index in [9.17, 15) is 13.2 Å². The fourth-order valence-corrected chi connectivity index (χ4v) is 6.33. The second-order valence-electron chi connectivity index (χ2n) is 9.96. The minimum absolute atomic E-state index is 0.283. The Balaban J connectivity index is 1.63. The summed E-state index contributed by atoms with van der Waals surface area (Å²) in [7, 11) is -0.667. The number of carbonyl (C=O) groups excluding carboxylic acids is 1. The summed E-state index contributed by atoms with van der Waals surface area (Å²) >= 11 is 5.89. The van der Waals surface area contributed by atoms with Gasteiger partial charge >= 0.3 is 5.97 Å². The molecular weight excluding hydrogens is 574 g/mol. The van der Waals surface area contributed by atoms with Crippen molar-refractivity contribution < 1.29 is 22.7 Å². The molecule has 2 aromatic heterocycles. The van der Waals surface area contributed by atoms with Crippen molar-refractivity contribution in [3.05, 3.63) is 101 Å². The molecule has 42 heavy (non-hydrogen) atoms. The Morgan fingerprint density at radius 3 is 2.36 bits per heavy atom. The van der Waals surface area contributed by atoms with Crippen LogP contribution in [-0.2, 0) is 14.8 Å². The van der Waals surface area contributed by atoms with Gasteiger partial charge in [0.15, 0.2) is 5.11 Å². The molecule has 218 valence electrons. The molecule has 0 unspecified atom stereocenters. The number of pyridine rings is 1. The minimum atomic E-state index is -3.51. The Morgan fingerprint density at radius 2 is 1.74 bits per heavy atom. The van der Waals surface area contributed by atoms with Crippen molar-refractivity contribution in [2.24, 2.45) is 0 Å². The van der Waals surface area contributed by atoms with E-state index in [1.165, 1.54) is 14.2 Å². The lowest BCUT2D eigenvalue weighted by molar-refractivity contribution is 0.0600. The third-order valence-electron chi connectivity index (χ3n) is 7.19. The fraction of sp³-hybridized carbons (Fsp3) is 0.233. The second-order valence-corrected chi connectivity index (χ2v) is 12.1. The maximum Gasteiger partial charge on any atom is 0.337 e. The van der Waals surface area contributed by atoms with Crippen LogP contribution in [0.25, 0.3) is 5.69 Å². The average Bonchev–Trinajstić information content (AvgIpc) is 3.47. The highest BCUT2D eigenvalue weighted by molar-refractivity contribution is 7.92. The smallest absolute Gasteiger partial charge is 0.337 e. The molecule has 2 N–H and O–H groups in total. The van der Waals surface area contributed by atoms with E-state index < -0.39 is 16.0 Å². The van der Waals surface area contributed by atoms with Gasteiger partial charge in [-0.2, -0.15) is 0 Å². The van der Waals surface area contributed by atoms with Crippen LogP contribution < -0.4 is 19.7 Å². The molecule has 0 bridgehead atoms. The van der Waals surface area contributed by atoms with E-state index in [-0.39, 0.29) is 12.1 Å². The number of thiocarbonyl (C=S) groups is 1. The van der Waals surface area contributed by atoms with Gasteiger partial charge < -0.3 is 24.3 Å². The van der Waals surface area contributed by atoms with Crippen LogP contribution in [0.3, 0.4) is 0 Å². The Kier molecular flexibility index (Phi) is 7.93. The van der Waals surface area contributed by atoms with E-state index in [4.69, 9.17) is 21.7 Å². The van der Waals surface area contributed by atoms with E-state index in [1.807, 2.05) is 55.1 Å². The molecule has 1 saturated heterocycles. The van der Waals surface area contributed by atoms with E-state index in [2.05, 4.69) is 25.7 Å². The summed E-state index contributed by atoms with van der Waals surface area (Å²) in [4.78, 5) is 18.6. The van der Waals surface area contributed by atoms with Gasteiger partial charge in [0.05, 0.1) is 49.5 Å². The van der Waals surface area contributed by atoms with Crippen molar-refractivity contribution in [3.63, 3.8) is 0 Å². The molecular formula is C30H31N5O5S2. The predicted octanol–water partition coefficient (Wildman–Crippen LogP) is 4.83. The summed E-state index contributed by atoms with van der Waals surface area (Å²) in [5.41, 5.74) is 6.24. The predicted molar refractivity (Wildman–Crippen MR) is 166 cm³/mol. The Morgan fingerprint density at radius 1 is 1.02 bits per heavy atom. The van der Waals surface area contributed by atoms with E-state index >= 15 is 0 Å². The zero-order valence-electron chi connectivity index (χ0n) is 23.8. The van der Waals surface area contributed by atoms with Gasteiger partial charge in [0, 0.05) is 35.0 Å². The Bertz CT molecular complexity index is 1750. The molecule has 0 saturated carbocycles. The molecule has 10 nitrogen and oxygen atoms in total. The zero-order chi connectivity index (χ0) is 30.2. The number of nitrogens with one attached hydrogen (secondary N) is 2. The number of nitrogens with zero attached hydrogens (tertiary/aromatic N) is 3. The van der Waals surface area contributed by atoms with Crippen LogP contribution in [0.4, 0.5) is 11.4 Å². The number of rotatable bonds is 8. The number of hydrogen-bond acceptors (Lipinski definition) is 7. The van der Waals surface area contributed by atoms with Crippen molar-refractivity contribution in [2.75, 3.05) is 30.1 Å². The molecule has 0 amide bonds. The minimum Gasteiger partial charge on any atom is -0.494 e. The zero-order valence-corrected chi connectivity index (χ0v) is 25.4. The number of hydrogen-bond donors (Lipinski definition) is 2. The number of ether oxygens (including phenoxy) is 2. The number of aromatic nitrogens is 2. The highest BCUT2D eigenvalue weighted by atomic mass is 32.2. The third-order valence-corrected chi connectivity index (χ3v) is 8.10. The number of benzene rings is 2. The SMILES string of the molecule is COC(=O)c1ccc(-n2c(C)cc([C@@H]3[C@H](c4ccccn4)NC(=S)N3c3ccc(NS(C)(=O)=O)c(OC)c3)c2C)cc1. The van der Waals surface area contributed by atoms with Gasteiger partial charge in [0.1, 0.15) is 5.75 Å². The number of carbonyl (C=O) groups is 1. The third kappa shape index (κ3) is 5.55. The van der Waals surface area contributed by atoms with E-state index in [1.54, 1.807) is 30.5 Å². The fourth-order valence-electron chi connectivity index (χ4n) is 5.41. The Labute approximate surface area is 250 Å². The van der Waals surface area contributed by atoms with Crippen LogP contribution in [0.1, 0.15) is 45.1 Å². The Hall–Kier alpha value is -4.42. The summed E-state index contributed by atoms with van der Waals surface area (Å²) in [6, 6.07) is 19.8. The average molecular weight is 606 g/mol. The second kappa shape index (κ2) is 11.5. The van der Waals surface area contributed by atoms with Crippen LogP contribution in [0.15, 0.2) is 72.9 Å². The summed E-state index contributed by atoms with van der Waals surface area (Å²) in [5.74, 6) is -0.0345. The van der Waals surface area contributed by atoms with Crippen LogP contribution in [-0.4, -0.2) is 49.5 Å². The summed E-state index contributed by atoms with van der Waals surface area (Å²) in [6.07, 6.45) is 2.84. The molecule has 1 aliphatic heterocycles. The van der Waals surface area contributed by atoms with Gasteiger partial charge in [-0.05, 0) is 86.2 Å². The topological polar surface area (TPSA) is 115 Å². The van der Waals surface area contributed by atoms with Gasteiger partial charge in [-0.15, -0.1) is 0 Å². The molecule has 3 heterocycles. The normalized spacial score (nSPS) is 16.7. The van der Waals surface area contributed by atoms with Gasteiger partial charge in [-0.1, -0.05) is 6.07 Å². The summed E-state index contributed by atoms with van der Waals surface area (Å²) in [5, 5.41) is 3.96. The number of aryl methyl sites for hydroxylation is 1. The van der Waals surface area contributed by atoms with Gasteiger partial charge in [0.2, 0.25) is 10.0 Å². The van der Waals surface area contributed by atoms with Gasteiger partial charge in [-0.25, -0.2) is 13.2 Å². The molecule has 4 aromatic rings. The standard InChI is InChI=1S/C30H31N5O5S2/c1-18-16-23(19(2)34(18)21-11-9-20(10-12-21)29(36)40-4)28-27(25-8-6-7-15-31-25)32-30(41)35(28)22-13-14-24(26(17-22)39-3)33-42(5,37)38/h6-17,27-28,33H,1-5H3,(H,32,41)/t27-,28+/m0/s1. The highest BCUT2D eigenvalue weighted by Crippen LogP contribution is 2.45. The first-order chi connectivity index (χ1) is 20.0. The maximum absolute atomic E-state index is 12.0. The number of sulfonamides is 1. The van der Waals surface area contributed by atoms with Crippen molar-refractivity contribution in [1.29, 1.82) is 0 Å².